The number of benzene rings is 2. The molecule has 0 aromatic heterocycles. The molecule has 0 radical (unpaired) electrons. The lowest BCUT2D eigenvalue weighted by Gasteiger charge is -2.41. The van der Waals surface area contributed by atoms with Gasteiger partial charge in [0.2, 0.25) is 0 Å². The van der Waals surface area contributed by atoms with Gasteiger partial charge in [0.15, 0.2) is 0 Å². The van der Waals surface area contributed by atoms with Crippen molar-refractivity contribution in [3.63, 3.8) is 0 Å². The number of rotatable bonds is 3. The fourth-order valence-electron chi connectivity index (χ4n) is 3.26. The van der Waals surface area contributed by atoms with Crippen molar-refractivity contribution in [1.29, 1.82) is 0 Å². The van der Waals surface area contributed by atoms with Gasteiger partial charge >= 0.3 is 0 Å². The molecule has 1 saturated heterocycles. The van der Waals surface area contributed by atoms with E-state index in [-0.39, 0.29) is 6.10 Å². The van der Waals surface area contributed by atoms with Crippen molar-refractivity contribution >= 4 is 10.8 Å². The second-order valence-corrected chi connectivity index (χ2v) is 7.42. The van der Waals surface area contributed by atoms with Crippen LogP contribution in [0.15, 0.2) is 42.5 Å². The largest absolute Gasteiger partial charge is 0.388 e. The average Bonchev–Trinajstić information content (AvgIpc) is 2.55. The fraction of sp³-hybridized carbons (Fsp3) is 0.500. The summed E-state index contributed by atoms with van der Waals surface area (Å²) in [4.78, 5) is 0. The Hall–Kier alpha value is -1.49. The van der Waals surface area contributed by atoms with Gasteiger partial charge in [-0.05, 0) is 43.2 Å². The Kier molecular flexibility index (Phi) is 4.90. The van der Waals surface area contributed by atoms with Gasteiger partial charge in [-0.3, -0.25) is 0 Å². The van der Waals surface area contributed by atoms with E-state index in [0.717, 1.165) is 16.3 Å². The van der Waals surface area contributed by atoms with Crippen LogP contribution in [0, 0.1) is 0 Å². The van der Waals surface area contributed by atoms with E-state index in [1.807, 2.05) is 51.1 Å². The molecule has 1 aliphatic rings. The standard InChI is InChI=1S/C20H25FO3/c1-20(2,3)24-17-11-16(23-18(12-21)19(17)22)15-9-8-13-6-4-5-7-14(13)10-15/h4-10,16-19,22H,11-12H2,1-3H3/t16-,17-,18-,19+/m0/s1. The third-order valence-corrected chi connectivity index (χ3v) is 4.35. The maximum atomic E-state index is 13.3. The second kappa shape index (κ2) is 6.79. The minimum absolute atomic E-state index is 0.286. The van der Waals surface area contributed by atoms with Crippen LogP contribution in [0.4, 0.5) is 4.39 Å². The van der Waals surface area contributed by atoms with Crippen molar-refractivity contribution in [2.45, 2.75) is 57.2 Å². The quantitative estimate of drug-likeness (QED) is 0.916. The molecule has 130 valence electrons. The lowest BCUT2D eigenvalue weighted by molar-refractivity contribution is -0.213. The summed E-state index contributed by atoms with van der Waals surface area (Å²) in [5.74, 6) is 0. The highest BCUT2D eigenvalue weighted by Crippen LogP contribution is 2.36. The molecule has 1 N–H and O–H groups in total. The summed E-state index contributed by atoms with van der Waals surface area (Å²) in [5, 5.41) is 12.6. The Morgan fingerprint density at radius 3 is 2.54 bits per heavy atom. The zero-order chi connectivity index (χ0) is 17.3. The smallest absolute Gasteiger partial charge is 0.118 e. The highest BCUT2D eigenvalue weighted by molar-refractivity contribution is 5.83. The first-order valence-corrected chi connectivity index (χ1v) is 8.43. The molecule has 0 saturated carbocycles. The van der Waals surface area contributed by atoms with Gasteiger partial charge in [-0.25, -0.2) is 4.39 Å². The minimum atomic E-state index is -0.953. The summed E-state index contributed by atoms with van der Waals surface area (Å²) in [6.07, 6.45) is -2.04. The van der Waals surface area contributed by atoms with Gasteiger partial charge in [0.05, 0.1) is 17.8 Å². The number of alkyl halides is 1. The third kappa shape index (κ3) is 3.77. The molecule has 2 aromatic rings. The highest BCUT2D eigenvalue weighted by atomic mass is 19.1. The molecule has 4 heteroatoms. The third-order valence-electron chi connectivity index (χ3n) is 4.35. The monoisotopic (exact) mass is 332 g/mol. The zero-order valence-corrected chi connectivity index (χ0v) is 14.4. The normalized spacial score (nSPS) is 28.2. The Morgan fingerprint density at radius 1 is 1.17 bits per heavy atom. The Bertz CT molecular complexity index is 695. The van der Waals surface area contributed by atoms with Crippen molar-refractivity contribution < 1.29 is 19.0 Å². The van der Waals surface area contributed by atoms with Crippen LogP contribution in [0.3, 0.4) is 0 Å². The maximum absolute atomic E-state index is 13.3. The van der Waals surface area contributed by atoms with Gasteiger partial charge in [-0.2, -0.15) is 0 Å². The Morgan fingerprint density at radius 2 is 1.88 bits per heavy atom. The number of aliphatic hydroxyl groups is 1. The van der Waals surface area contributed by atoms with Crippen molar-refractivity contribution in [1.82, 2.24) is 0 Å². The number of fused-ring (bicyclic) bond motifs is 1. The van der Waals surface area contributed by atoms with Gasteiger partial charge in [0.1, 0.15) is 18.9 Å². The summed E-state index contributed by atoms with van der Waals surface area (Å²) in [6, 6.07) is 14.2. The number of ether oxygens (including phenoxy) is 2. The van der Waals surface area contributed by atoms with Crippen molar-refractivity contribution in [2.24, 2.45) is 0 Å². The molecule has 3 nitrogen and oxygen atoms in total. The van der Waals surface area contributed by atoms with Crippen LogP contribution in [0.25, 0.3) is 10.8 Å². The van der Waals surface area contributed by atoms with Crippen molar-refractivity contribution in [2.75, 3.05) is 6.67 Å². The maximum Gasteiger partial charge on any atom is 0.118 e. The average molecular weight is 332 g/mol. The zero-order valence-electron chi connectivity index (χ0n) is 14.4. The van der Waals surface area contributed by atoms with Gasteiger partial charge in [-0.15, -0.1) is 0 Å². The summed E-state index contributed by atoms with van der Waals surface area (Å²) in [5.41, 5.74) is 0.583. The van der Waals surface area contributed by atoms with Crippen LogP contribution >= 0.6 is 0 Å². The molecule has 4 atom stereocenters. The van der Waals surface area contributed by atoms with E-state index in [0.29, 0.717) is 6.42 Å². The molecule has 0 aliphatic carbocycles. The molecule has 24 heavy (non-hydrogen) atoms. The number of hydrogen-bond acceptors (Lipinski definition) is 3. The van der Waals surface area contributed by atoms with Gasteiger partial charge in [0, 0.05) is 6.42 Å². The summed E-state index contributed by atoms with van der Waals surface area (Å²) < 4.78 is 25.1. The number of hydrogen-bond donors (Lipinski definition) is 1. The van der Waals surface area contributed by atoms with E-state index in [1.165, 1.54) is 0 Å². The molecule has 1 aliphatic heterocycles. The van der Waals surface area contributed by atoms with Crippen molar-refractivity contribution in [3.8, 4) is 0 Å². The lowest BCUT2D eigenvalue weighted by atomic mass is 9.92. The first-order chi connectivity index (χ1) is 11.4. The molecule has 0 spiro atoms. The molecule has 0 amide bonds. The lowest BCUT2D eigenvalue weighted by Crippen LogP contribution is -2.50. The predicted octanol–water partition coefficient (Wildman–Crippen LogP) is 4.18. The molecule has 1 heterocycles. The fourth-order valence-corrected chi connectivity index (χ4v) is 3.26. The van der Waals surface area contributed by atoms with Gasteiger partial charge < -0.3 is 14.6 Å². The highest BCUT2D eigenvalue weighted by Gasteiger charge is 2.40. The van der Waals surface area contributed by atoms with Gasteiger partial charge in [-0.1, -0.05) is 36.4 Å². The second-order valence-electron chi connectivity index (χ2n) is 7.42. The van der Waals surface area contributed by atoms with E-state index in [2.05, 4.69) is 12.1 Å². The molecule has 0 unspecified atom stereocenters. The Labute approximate surface area is 142 Å². The molecule has 0 bridgehead atoms. The molecule has 1 fully saturated rings. The molecule has 2 aromatic carbocycles. The predicted molar refractivity (Wildman–Crippen MR) is 92.8 cm³/mol. The minimum Gasteiger partial charge on any atom is -0.388 e. The van der Waals surface area contributed by atoms with E-state index in [4.69, 9.17) is 9.47 Å². The number of halogens is 1. The van der Waals surface area contributed by atoms with Crippen LogP contribution in [0.5, 0.6) is 0 Å². The summed E-state index contributed by atoms with van der Waals surface area (Å²) >= 11 is 0. The van der Waals surface area contributed by atoms with Crippen LogP contribution in [0.2, 0.25) is 0 Å². The van der Waals surface area contributed by atoms with E-state index < -0.39 is 30.6 Å². The first-order valence-electron chi connectivity index (χ1n) is 8.43. The van der Waals surface area contributed by atoms with E-state index >= 15 is 0 Å². The van der Waals surface area contributed by atoms with Crippen LogP contribution < -0.4 is 0 Å². The molecule has 3 rings (SSSR count). The topological polar surface area (TPSA) is 38.7 Å². The molecular weight excluding hydrogens is 307 g/mol. The SMILES string of the molecule is CC(C)(C)O[C@H]1C[C@@H](c2ccc3ccccc3c2)O[C@@H](CF)[C@@H]1O. The van der Waals surface area contributed by atoms with Crippen LogP contribution in [-0.4, -0.2) is 35.7 Å². The van der Waals surface area contributed by atoms with E-state index in [9.17, 15) is 9.50 Å². The first kappa shape index (κ1) is 17.3. The Balaban J connectivity index is 1.87. The van der Waals surface area contributed by atoms with Crippen molar-refractivity contribution in [3.05, 3.63) is 48.0 Å². The number of aliphatic hydroxyl groups excluding tert-OH is 1. The summed E-state index contributed by atoms with van der Waals surface area (Å²) in [6.45, 7) is 5.08. The van der Waals surface area contributed by atoms with Crippen LogP contribution in [-0.2, 0) is 9.47 Å². The van der Waals surface area contributed by atoms with Crippen LogP contribution in [0.1, 0.15) is 38.9 Å². The molecular formula is C20H25FO3. The van der Waals surface area contributed by atoms with Gasteiger partial charge in [0.25, 0.3) is 0 Å². The summed E-state index contributed by atoms with van der Waals surface area (Å²) in [7, 11) is 0. The van der Waals surface area contributed by atoms with E-state index in [1.54, 1.807) is 0 Å².